The molecule has 0 aliphatic carbocycles. The molecule has 9 heteroatoms. The number of nitrogens with zero attached hydrogens (tertiary/aromatic N) is 3. The van der Waals surface area contributed by atoms with Crippen molar-refractivity contribution in [1.29, 1.82) is 0 Å². The highest BCUT2D eigenvalue weighted by atomic mass is 32.1. The number of amides is 2. The molecule has 1 aliphatic rings. The Morgan fingerprint density at radius 3 is 2.50 bits per heavy atom. The molecule has 0 saturated carbocycles. The normalized spacial score (nSPS) is 14.6. The first-order chi connectivity index (χ1) is 12.9. The molecule has 3 heterocycles. The Balaban J connectivity index is 1.66. The van der Waals surface area contributed by atoms with Gasteiger partial charge in [-0.05, 0) is 20.8 Å². The summed E-state index contributed by atoms with van der Waals surface area (Å²) >= 11 is 2.80. The number of anilines is 1. The van der Waals surface area contributed by atoms with Gasteiger partial charge in [0.1, 0.15) is 10.5 Å². The number of ether oxygens (including phenoxy) is 1. The lowest BCUT2D eigenvalue weighted by Gasteiger charge is -2.29. The summed E-state index contributed by atoms with van der Waals surface area (Å²) < 4.78 is 5.45. The molecule has 0 aromatic carbocycles. The number of carbonyl (C=O) groups is 2. The minimum atomic E-state index is -0.523. The number of hydrogen-bond donors (Lipinski definition) is 1. The van der Waals surface area contributed by atoms with Gasteiger partial charge >= 0.3 is 6.09 Å². The van der Waals surface area contributed by atoms with Gasteiger partial charge < -0.3 is 9.64 Å². The third kappa shape index (κ3) is 4.88. The van der Waals surface area contributed by atoms with Crippen LogP contribution in [0.5, 0.6) is 0 Å². The molecule has 1 N–H and O–H groups in total. The van der Waals surface area contributed by atoms with Crippen LogP contribution in [0.2, 0.25) is 0 Å². The fourth-order valence-electron chi connectivity index (χ4n) is 2.62. The van der Waals surface area contributed by atoms with E-state index in [-0.39, 0.29) is 17.4 Å². The second-order valence-corrected chi connectivity index (χ2v) is 10.9. The molecule has 2 aromatic heterocycles. The third-order valence-corrected chi connectivity index (χ3v) is 6.39. The van der Waals surface area contributed by atoms with Gasteiger partial charge in [-0.25, -0.2) is 14.8 Å². The van der Waals surface area contributed by atoms with Crippen LogP contribution in [0, 0.1) is 0 Å². The van der Waals surface area contributed by atoms with E-state index in [4.69, 9.17) is 4.74 Å². The van der Waals surface area contributed by atoms with Crippen molar-refractivity contribution < 1.29 is 14.3 Å². The average molecular weight is 423 g/mol. The van der Waals surface area contributed by atoms with E-state index in [1.54, 1.807) is 11.1 Å². The molecule has 3 rings (SSSR count). The summed E-state index contributed by atoms with van der Waals surface area (Å²) in [6.45, 7) is 12.8. The molecule has 7 nitrogen and oxygen atoms in total. The lowest BCUT2D eigenvalue weighted by Crippen LogP contribution is -2.39. The lowest BCUT2D eigenvalue weighted by molar-refractivity contribution is 0.0225. The van der Waals surface area contributed by atoms with Crippen molar-refractivity contribution in [2.45, 2.75) is 65.5 Å². The van der Waals surface area contributed by atoms with Crippen molar-refractivity contribution >= 4 is 39.8 Å². The molecular weight excluding hydrogens is 396 g/mol. The molecule has 0 atom stereocenters. The second kappa shape index (κ2) is 7.44. The van der Waals surface area contributed by atoms with E-state index in [9.17, 15) is 9.59 Å². The number of hydrogen-bond acceptors (Lipinski definition) is 7. The van der Waals surface area contributed by atoms with Gasteiger partial charge in [-0.15, -0.1) is 11.3 Å². The van der Waals surface area contributed by atoms with Crippen LogP contribution < -0.4 is 5.32 Å². The molecule has 28 heavy (non-hydrogen) atoms. The molecular formula is C19H26N4O3S2. The molecule has 0 radical (unpaired) electrons. The summed E-state index contributed by atoms with van der Waals surface area (Å²) in [6.07, 6.45) is 1.94. The lowest BCUT2D eigenvalue weighted by atomic mass is 9.98. The summed E-state index contributed by atoms with van der Waals surface area (Å²) in [5.74, 6) is -0.205. The van der Waals surface area contributed by atoms with Gasteiger partial charge in [0.25, 0.3) is 5.91 Å². The highest BCUT2D eigenvalue weighted by molar-refractivity contribution is 7.16. The molecule has 152 valence electrons. The molecule has 2 amide bonds. The topological polar surface area (TPSA) is 84.4 Å². The Hall–Kier alpha value is -2.00. The van der Waals surface area contributed by atoms with Crippen molar-refractivity contribution in [3.8, 4) is 0 Å². The van der Waals surface area contributed by atoms with Crippen molar-refractivity contribution in [3.63, 3.8) is 0 Å². The van der Waals surface area contributed by atoms with Gasteiger partial charge in [0.15, 0.2) is 5.13 Å². The first kappa shape index (κ1) is 20.7. The Morgan fingerprint density at radius 2 is 1.89 bits per heavy atom. The number of carbonyl (C=O) groups excluding carboxylic acids is 2. The van der Waals surface area contributed by atoms with E-state index in [1.165, 1.54) is 22.7 Å². The number of rotatable bonds is 2. The molecule has 0 fully saturated rings. The van der Waals surface area contributed by atoms with Gasteiger partial charge in [-0.3, -0.25) is 10.1 Å². The zero-order chi connectivity index (χ0) is 20.7. The Kier molecular flexibility index (Phi) is 5.51. The summed E-state index contributed by atoms with van der Waals surface area (Å²) in [5.41, 5.74) is 0.319. The maximum atomic E-state index is 12.5. The van der Waals surface area contributed by atoms with Crippen LogP contribution in [0.25, 0.3) is 0 Å². The van der Waals surface area contributed by atoms with Crippen LogP contribution in [0.4, 0.5) is 9.93 Å². The number of aromatic nitrogens is 2. The van der Waals surface area contributed by atoms with Gasteiger partial charge in [-0.2, -0.15) is 0 Å². The highest BCUT2D eigenvalue weighted by Crippen LogP contribution is 2.31. The number of fused-ring (bicyclic) bond motifs is 1. The van der Waals surface area contributed by atoms with Crippen molar-refractivity contribution in [3.05, 3.63) is 26.7 Å². The van der Waals surface area contributed by atoms with Crippen molar-refractivity contribution in [2.24, 2.45) is 0 Å². The predicted octanol–water partition coefficient (Wildman–Crippen LogP) is 4.44. The van der Waals surface area contributed by atoms with Gasteiger partial charge in [0.05, 0.1) is 23.4 Å². The van der Waals surface area contributed by atoms with Crippen LogP contribution in [0.15, 0.2) is 6.20 Å². The van der Waals surface area contributed by atoms with E-state index in [2.05, 4.69) is 36.1 Å². The minimum Gasteiger partial charge on any atom is -0.444 e. The van der Waals surface area contributed by atoms with Crippen LogP contribution in [0.3, 0.4) is 0 Å². The summed E-state index contributed by atoms with van der Waals surface area (Å²) in [6, 6.07) is 0. The van der Waals surface area contributed by atoms with Gasteiger partial charge in [-0.1, -0.05) is 32.1 Å². The summed E-state index contributed by atoms with van der Waals surface area (Å²) in [7, 11) is 0. The largest absolute Gasteiger partial charge is 0.444 e. The van der Waals surface area contributed by atoms with Crippen molar-refractivity contribution in [1.82, 2.24) is 14.9 Å². The fraction of sp³-hybridized carbons (Fsp3) is 0.579. The Morgan fingerprint density at radius 1 is 1.18 bits per heavy atom. The molecule has 1 aliphatic heterocycles. The van der Waals surface area contributed by atoms with Gasteiger partial charge in [0, 0.05) is 23.3 Å². The van der Waals surface area contributed by atoms with Gasteiger partial charge in [0.2, 0.25) is 0 Å². The Bertz CT molecular complexity index is 890. The first-order valence-electron chi connectivity index (χ1n) is 9.16. The minimum absolute atomic E-state index is 0.0887. The van der Waals surface area contributed by atoms with E-state index >= 15 is 0 Å². The molecule has 0 spiro atoms. The SMILES string of the molecule is CC(C)(C)OC(=O)N1CCc2nc(NC(=O)c3cnc(C(C)(C)C)s3)sc2C1. The van der Waals surface area contributed by atoms with E-state index in [1.807, 2.05) is 20.8 Å². The van der Waals surface area contributed by atoms with Crippen molar-refractivity contribution in [2.75, 3.05) is 11.9 Å². The zero-order valence-electron chi connectivity index (χ0n) is 17.1. The number of nitrogens with one attached hydrogen (secondary N) is 1. The fourth-order valence-corrected chi connectivity index (χ4v) is 4.50. The maximum Gasteiger partial charge on any atom is 0.410 e. The predicted molar refractivity (Wildman–Crippen MR) is 111 cm³/mol. The van der Waals surface area contributed by atoms with E-state index in [0.717, 1.165) is 15.6 Å². The van der Waals surface area contributed by atoms with Crippen LogP contribution >= 0.6 is 22.7 Å². The quantitative estimate of drug-likeness (QED) is 0.773. The van der Waals surface area contributed by atoms with E-state index in [0.29, 0.717) is 29.5 Å². The maximum absolute atomic E-state index is 12.5. The Labute approximate surface area is 173 Å². The van der Waals surface area contributed by atoms with Crippen LogP contribution in [0.1, 0.15) is 66.8 Å². The molecule has 0 bridgehead atoms. The van der Waals surface area contributed by atoms with Crippen LogP contribution in [-0.2, 0) is 23.1 Å². The molecule has 2 aromatic rings. The third-order valence-electron chi connectivity index (χ3n) is 3.97. The number of thiazole rings is 2. The summed E-state index contributed by atoms with van der Waals surface area (Å²) in [4.78, 5) is 36.9. The standard InChI is InChI=1S/C19H26N4O3S2/c1-18(2,3)15-20-9-12(27-15)14(24)22-16-21-11-7-8-23(10-13(11)28-16)17(25)26-19(4,5)6/h9H,7-8,10H2,1-6H3,(H,21,22,24). The summed E-state index contributed by atoms with van der Waals surface area (Å²) in [5, 5.41) is 4.34. The van der Waals surface area contributed by atoms with E-state index < -0.39 is 5.60 Å². The van der Waals surface area contributed by atoms with Crippen LogP contribution in [-0.4, -0.2) is 39.0 Å². The highest BCUT2D eigenvalue weighted by Gasteiger charge is 2.28. The smallest absolute Gasteiger partial charge is 0.410 e. The molecule has 0 unspecified atom stereocenters. The average Bonchev–Trinajstić information content (AvgIpc) is 3.18. The monoisotopic (exact) mass is 422 g/mol. The zero-order valence-corrected chi connectivity index (χ0v) is 18.7. The second-order valence-electron chi connectivity index (χ2n) is 8.77. The molecule has 0 saturated heterocycles. The first-order valence-corrected chi connectivity index (χ1v) is 10.8.